The smallest absolute Gasteiger partial charge is 0.0638 e. The summed E-state index contributed by atoms with van der Waals surface area (Å²) in [5, 5.41) is 13.2. The minimum atomic E-state index is 0.147. The Bertz CT molecular complexity index is 340. The summed E-state index contributed by atoms with van der Waals surface area (Å²) >= 11 is 5.90. The van der Waals surface area contributed by atoms with Gasteiger partial charge >= 0.3 is 0 Å². The third-order valence-electron chi connectivity index (χ3n) is 2.88. The highest BCUT2D eigenvalue weighted by Crippen LogP contribution is 2.38. The van der Waals surface area contributed by atoms with E-state index in [2.05, 4.69) is 18.3 Å². The summed E-state index contributed by atoms with van der Waals surface area (Å²) in [7, 11) is 0. The highest BCUT2D eigenvalue weighted by Gasteiger charge is 2.29. The number of benzene rings is 1. The van der Waals surface area contributed by atoms with E-state index in [0.29, 0.717) is 5.92 Å². The first-order valence-electron chi connectivity index (χ1n) is 4.93. The molecule has 0 amide bonds. The Kier molecular flexibility index (Phi) is 2.66. The molecule has 2 atom stereocenters. The Labute approximate surface area is 88.9 Å². The standard InChI is InChI=1S/C11H14ClNO/c1-2-8-9-4-3-7(12)5-10(9)13-11(8)6-14/h3-5,8,11,13-14H,2,6H2,1H3. The van der Waals surface area contributed by atoms with Gasteiger partial charge in [0.05, 0.1) is 12.6 Å². The lowest BCUT2D eigenvalue weighted by molar-refractivity contribution is 0.261. The van der Waals surface area contributed by atoms with Gasteiger partial charge in [-0.15, -0.1) is 0 Å². The van der Waals surface area contributed by atoms with E-state index in [9.17, 15) is 5.11 Å². The molecule has 2 nitrogen and oxygen atoms in total. The van der Waals surface area contributed by atoms with Gasteiger partial charge in [0, 0.05) is 16.6 Å². The normalized spacial score (nSPS) is 24.5. The fraction of sp³-hybridized carbons (Fsp3) is 0.455. The molecule has 0 aliphatic carbocycles. The average molecular weight is 212 g/mol. The van der Waals surface area contributed by atoms with Gasteiger partial charge in [-0.2, -0.15) is 0 Å². The van der Waals surface area contributed by atoms with Crippen molar-refractivity contribution in [2.45, 2.75) is 25.3 Å². The lowest BCUT2D eigenvalue weighted by Gasteiger charge is -2.15. The zero-order valence-electron chi connectivity index (χ0n) is 8.13. The quantitative estimate of drug-likeness (QED) is 0.788. The Balaban J connectivity index is 2.37. The van der Waals surface area contributed by atoms with Crippen LogP contribution in [0.15, 0.2) is 18.2 Å². The van der Waals surface area contributed by atoms with Crippen molar-refractivity contribution < 1.29 is 5.11 Å². The highest BCUT2D eigenvalue weighted by molar-refractivity contribution is 6.30. The highest BCUT2D eigenvalue weighted by atomic mass is 35.5. The molecule has 0 bridgehead atoms. The van der Waals surface area contributed by atoms with Gasteiger partial charge in [0.2, 0.25) is 0 Å². The number of hydrogen-bond donors (Lipinski definition) is 2. The third-order valence-corrected chi connectivity index (χ3v) is 3.11. The van der Waals surface area contributed by atoms with Crippen LogP contribution in [0.2, 0.25) is 5.02 Å². The summed E-state index contributed by atoms with van der Waals surface area (Å²) in [4.78, 5) is 0. The van der Waals surface area contributed by atoms with Crippen molar-refractivity contribution in [2.75, 3.05) is 11.9 Å². The molecule has 3 heteroatoms. The SMILES string of the molecule is CCC1c2ccc(Cl)cc2NC1CO. The van der Waals surface area contributed by atoms with Crippen LogP contribution in [-0.2, 0) is 0 Å². The van der Waals surface area contributed by atoms with Crippen molar-refractivity contribution in [3.05, 3.63) is 28.8 Å². The number of halogens is 1. The van der Waals surface area contributed by atoms with Gasteiger partial charge in [-0.3, -0.25) is 0 Å². The van der Waals surface area contributed by atoms with Crippen molar-refractivity contribution in [1.82, 2.24) is 0 Å². The fourth-order valence-corrected chi connectivity index (χ4v) is 2.34. The van der Waals surface area contributed by atoms with Gasteiger partial charge in [-0.1, -0.05) is 24.6 Å². The first kappa shape index (κ1) is 9.81. The van der Waals surface area contributed by atoms with Crippen LogP contribution in [0.4, 0.5) is 5.69 Å². The lowest BCUT2D eigenvalue weighted by atomic mass is 9.93. The van der Waals surface area contributed by atoms with E-state index in [-0.39, 0.29) is 12.6 Å². The van der Waals surface area contributed by atoms with Crippen molar-refractivity contribution in [3.8, 4) is 0 Å². The Morgan fingerprint density at radius 3 is 2.93 bits per heavy atom. The monoisotopic (exact) mass is 211 g/mol. The van der Waals surface area contributed by atoms with E-state index in [1.165, 1.54) is 5.56 Å². The molecule has 1 heterocycles. The lowest BCUT2D eigenvalue weighted by Crippen LogP contribution is -2.24. The van der Waals surface area contributed by atoms with Crippen molar-refractivity contribution in [2.24, 2.45) is 0 Å². The van der Waals surface area contributed by atoms with Crippen molar-refractivity contribution >= 4 is 17.3 Å². The van der Waals surface area contributed by atoms with E-state index in [0.717, 1.165) is 17.1 Å². The van der Waals surface area contributed by atoms with Gasteiger partial charge < -0.3 is 10.4 Å². The first-order valence-corrected chi connectivity index (χ1v) is 5.31. The molecule has 0 fully saturated rings. The molecular formula is C11H14ClNO. The molecule has 2 unspecified atom stereocenters. The molecule has 14 heavy (non-hydrogen) atoms. The molecule has 0 saturated carbocycles. The molecular weight excluding hydrogens is 198 g/mol. The number of aliphatic hydroxyl groups excluding tert-OH is 1. The topological polar surface area (TPSA) is 32.3 Å². The number of anilines is 1. The summed E-state index contributed by atoms with van der Waals surface area (Å²) in [5.41, 5.74) is 2.35. The Morgan fingerprint density at radius 1 is 1.50 bits per heavy atom. The number of aliphatic hydroxyl groups is 1. The fourth-order valence-electron chi connectivity index (χ4n) is 2.17. The second-order valence-corrected chi connectivity index (χ2v) is 4.12. The molecule has 2 N–H and O–H groups in total. The maximum atomic E-state index is 9.21. The molecule has 0 saturated heterocycles. The summed E-state index contributed by atoms with van der Waals surface area (Å²) in [6, 6.07) is 6.03. The molecule has 1 aliphatic heterocycles. The van der Waals surface area contributed by atoms with Gasteiger partial charge in [-0.05, 0) is 24.1 Å². The summed E-state index contributed by atoms with van der Waals surface area (Å²) in [6.45, 7) is 2.31. The minimum Gasteiger partial charge on any atom is -0.394 e. The van der Waals surface area contributed by atoms with Gasteiger partial charge in [0.15, 0.2) is 0 Å². The van der Waals surface area contributed by atoms with Crippen LogP contribution in [0.1, 0.15) is 24.8 Å². The van der Waals surface area contributed by atoms with Gasteiger partial charge in [0.1, 0.15) is 0 Å². The predicted molar refractivity (Wildman–Crippen MR) is 59.0 cm³/mol. The number of rotatable bonds is 2. The second-order valence-electron chi connectivity index (χ2n) is 3.68. The molecule has 1 aromatic carbocycles. The van der Waals surface area contributed by atoms with E-state index in [1.807, 2.05) is 12.1 Å². The number of fused-ring (bicyclic) bond motifs is 1. The van der Waals surface area contributed by atoms with Crippen LogP contribution >= 0.6 is 11.6 Å². The van der Waals surface area contributed by atoms with E-state index >= 15 is 0 Å². The summed E-state index contributed by atoms with van der Waals surface area (Å²) in [5.74, 6) is 0.410. The minimum absolute atomic E-state index is 0.147. The van der Waals surface area contributed by atoms with E-state index in [4.69, 9.17) is 11.6 Å². The Hall–Kier alpha value is -0.730. The largest absolute Gasteiger partial charge is 0.394 e. The molecule has 0 radical (unpaired) electrons. The molecule has 76 valence electrons. The second kappa shape index (κ2) is 3.79. The van der Waals surface area contributed by atoms with Crippen molar-refractivity contribution in [3.63, 3.8) is 0 Å². The zero-order chi connectivity index (χ0) is 10.1. The van der Waals surface area contributed by atoms with E-state index < -0.39 is 0 Å². The van der Waals surface area contributed by atoms with Crippen molar-refractivity contribution in [1.29, 1.82) is 0 Å². The van der Waals surface area contributed by atoms with Crippen LogP contribution in [0.25, 0.3) is 0 Å². The van der Waals surface area contributed by atoms with Crippen LogP contribution in [-0.4, -0.2) is 17.8 Å². The molecule has 0 aromatic heterocycles. The zero-order valence-corrected chi connectivity index (χ0v) is 8.88. The molecule has 1 aromatic rings. The maximum Gasteiger partial charge on any atom is 0.0638 e. The van der Waals surface area contributed by atoms with Crippen LogP contribution < -0.4 is 5.32 Å². The molecule has 1 aliphatic rings. The summed E-state index contributed by atoms with van der Waals surface area (Å²) in [6.07, 6.45) is 1.03. The molecule has 0 spiro atoms. The maximum absolute atomic E-state index is 9.21. The van der Waals surface area contributed by atoms with E-state index in [1.54, 1.807) is 0 Å². The van der Waals surface area contributed by atoms with Crippen LogP contribution in [0.5, 0.6) is 0 Å². The first-order chi connectivity index (χ1) is 6.76. The average Bonchev–Trinajstić information content (AvgIpc) is 2.54. The third kappa shape index (κ3) is 1.49. The summed E-state index contributed by atoms with van der Waals surface area (Å²) < 4.78 is 0. The van der Waals surface area contributed by atoms with Gasteiger partial charge in [0.25, 0.3) is 0 Å². The predicted octanol–water partition coefficient (Wildman–Crippen LogP) is 2.62. The van der Waals surface area contributed by atoms with Crippen LogP contribution in [0.3, 0.4) is 0 Å². The van der Waals surface area contributed by atoms with Crippen LogP contribution in [0, 0.1) is 0 Å². The molecule has 2 rings (SSSR count). The Morgan fingerprint density at radius 2 is 2.29 bits per heavy atom. The number of nitrogens with one attached hydrogen (secondary N) is 1. The van der Waals surface area contributed by atoms with Gasteiger partial charge in [-0.25, -0.2) is 0 Å². The number of hydrogen-bond acceptors (Lipinski definition) is 2.